The van der Waals surface area contributed by atoms with Gasteiger partial charge in [0.25, 0.3) is 0 Å². The summed E-state index contributed by atoms with van der Waals surface area (Å²) in [4.78, 5) is 12.5. The van der Waals surface area contributed by atoms with Crippen LogP contribution in [0, 0.1) is 34.5 Å². The summed E-state index contributed by atoms with van der Waals surface area (Å²) in [6.07, 6.45) is 2.02. The van der Waals surface area contributed by atoms with Crippen LogP contribution >= 0.6 is 0 Å². The summed E-state index contributed by atoms with van der Waals surface area (Å²) >= 11 is 0. The van der Waals surface area contributed by atoms with Crippen molar-refractivity contribution in [3.05, 3.63) is 71.3 Å². The molecule has 0 spiro atoms. The van der Waals surface area contributed by atoms with Gasteiger partial charge in [-0.15, -0.1) is 0 Å². The van der Waals surface area contributed by atoms with Gasteiger partial charge in [-0.25, -0.2) is 0 Å². The van der Waals surface area contributed by atoms with Gasteiger partial charge in [0.05, 0.1) is 12.1 Å². The molecule has 0 heterocycles. The lowest BCUT2D eigenvalue weighted by atomic mass is 9.91. The molecule has 3 nitrogen and oxygen atoms in total. The van der Waals surface area contributed by atoms with Gasteiger partial charge in [-0.1, -0.05) is 48.5 Å². The van der Waals surface area contributed by atoms with Crippen LogP contribution in [0.25, 0.3) is 0 Å². The first-order valence-electron chi connectivity index (χ1n) is 8.12. The van der Waals surface area contributed by atoms with Crippen LogP contribution in [0.1, 0.15) is 41.3 Å². The predicted octanol–water partition coefficient (Wildman–Crippen LogP) is 4.54. The van der Waals surface area contributed by atoms with E-state index in [1.165, 1.54) is 0 Å². The van der Waals surface area contributed by atoms with Crippen LogP contribution in [0.3, 0.4) is 0 Å². The van der Waals surface area contributed by atoms with E-state index in [0.29, 0.717) is 24.0 Å². The lowest BCUT2D eigenvalue weighted by Crippen LogP contribution is -2.06. The Balaban J connectivity index is 2.04. The van der Waals surface area contributed by atoms with E-state index in [2.05, 4.69) is 12.1 Å². The fourth-order valence-electron chi connectivity index (χ4n) is 2.68. The highest BCUT2D eigenvalue weighted by Gasteiger charge is 2.13. The minimum absolute atomic E-state index is 0.00684. The van der Waals surface area contributed by atoms with Crippen molar-refractivity contribution in [1.29, 1.82) is 10.5 Å². The van der Waals surface area contributed by atoms with Crippen molar-refractivity contribution in [2.45, 2.75) is 26.2 Å². The number of benzene rings is 2. The standard InChI is InChI=1S/C21H20N2O/c1-16(14-22)12-18(15-23)11-10-17-6-5-9-20(13-17)21(24)19-7-3-2-4-8-19/h2-9,13,16,18H,10-12H2,1H3. The average molecular weight is 316 g/mol. The van der Waals surface area contributed by atoms with Gasteiger partial charge in [0.1, 0.15) is 0 Å². The normalized spacial score (nSPS) is 12.6. The molecule has 24 heavy (non-hydrogen) atoms. The van der Waals surface area contributed by atoms with E-state index >= 15 is 0 Å². The fraction of sp³-hybridized carbons (Fsp3) is 0.286. The van der Waals surface area contributed by atoms with Crippen molar-refractivity contribution in [3.8, 4) is 12.1 Å². The Bertz CT molecular complexity index is 768. The molecule has 2 atom stereocenters. The molecule has 0 N–H and O–H groups in total. The van der Waals surface area contributed by atoms with E-state index in [-0.39, 0.29) is 17.6 Å². The van der Waals surface area contributed by atoms with Gasteiger partial charge in [-0.05, 0) is 37.8 Å². The lowest BCUT2D eigenvalue weighted by molar-refractivity contribution is 0.103. The maximum atomic E-state index is 12.5. The highest BCUT2D eigenvalue weighted by Crippen LogP contribution is 2.19. The van der Waals surface area contributed by atoms with Crippen molar-refractivity contribution >= 4 is 5.78 Å². The quantitative estimate of drug-likeness (QED) is 0.704. The highest BCUT2D eigenvalue weighted by molar-refractivity contribution is 6.09. The summed E-state index contributed by atoms with van der Waals surface area (Å²) in [5.41, 5.74) is 2.38. The van der Waals surface area contributed by atoms with Crippen molar-refractivity contribution < 1.29 is 4.79 Å². The largest absolute Gasteiger partial charge is 0.289 e. The summed E-state index contributed by atoms with van der Waals surface area (Å²) in [5, 5.41) is 18.1. The zero-order valence-electron chi connectivity index (χ0n) is 13.8. The molecule has 0 amide bonds. The topological polar surface area (TPSA) is 64.7 Å². The van der Waals surface area contributed by atoms with Gasteiger partial charge < -0.3 is 0 Å². The molecule has 0 fully saturated rings. The van der Waals surface area contributed by atoms with Crippen molar-refractivity contribution in [1.82, 2.24) is 0 Å². The van der Waals surface area contributed by atoms with Gasteiger partial charge in [0.2, 0.25) is 0 Å². The molecule has 2 aromatic carbocycles. The molecule has 0 aliphatic carbocycles. The van der Waals surface area contributed by atoms with Crippen LogP contribution in [0.2, 0.25) is 0 Å². The number of hydrogen-bond acceptors (Lipinski definition) is 3. The summed E-state index contributed by atoms with van der Waals surface area (Å²) in [6, 6.07) is 21.2. The molecule has 0 bridgehead atoms. The highest BCUT2D eigenvalue weighted by atomic mass is 16.1. The summed E-state index contributed by atoms with van der Waals surface area (Å²) in [7, 11) is 0. The fourth-order valence-corrected chi connectivity index (χ4v) is 2.68. The van der Waals surface area contributed by atoms with Crippen molar-refractivity contribution in [3.63, 3.8) is 0 Å². The van der Waals surface area contributed by atoms with E-state index in [1.54, 1.807) is 0 Å². The zero-order valence-corrected chi connectivity index (χ0v) is 13.8. The minimum Gasteiger partial charge on any atom is -0.289 e. The molecule has 0 aliphatic rings. The molecule has 3 heteroatoms. The first-order valence-corrected chi connectivity index (χ1v) is 8.12. The monoisotopic (exact) mass is 316 g/mol. The molecule has 0 saturated carbocycles. The Morgan fingerprint density at radius 3 is 2.38 bits per heavy atom. The van der Waals surface area contributed by atoms with Gasteiger partial charge >= 0.3 is 0 Å². The number of hydrogen-bond donors (Lipinski definition) is 0. The maximum Gasteiger partial charge on any atom is 0.193 e. The SMILES string of the molecule is CC(C#N)CC(C#N)CCc1cccc(C(=O)c2ccccc2)c1. The van der Waals surface area contributed by atoms with Crippen LogP contribution in [0.15, 0.2) is 54.6 Å². The Morgan fingerprint density at radius 1 is 1.00 bits per heavy atom. The number of carbonyl (C=O) groups is 1. The number of carbonyl (C=O) groups excluding carboxylic acids is 1. The Morgan fingerprint density at radius 2 is 1.71 bits per heavy atom. The van der Waals surface area contributed by atoms with Crippen LogP contribution in [-0.4, -0.2) is 5.78 Å². The molecule has 0 saturated heterocycles. The molecular weight excluding hydrogens is 296 g/mol. The summed E-state index contributed by atoms with van der Waals surface area (Å²) in [5.74, 6) is -0.235. The third kappa shape index (κ3) is 4.80. The van der Waals surface area contributed by atoms with Crippen LogP contribution < -0.4 is 0 Å². The minimum atomic E-state index is -0.131. The molecule has 0 aliphatic heterocycles. The summed E-state index contributed by atoms with van der Waals surface area (Å²) < 4.78 is 0. The van der Waals surface area contributed by atoms with Crippen molar-refractivity contribution in [2.24, 2.45) is 11.8 Å². The number of nitrogens with zero attached hydrogens (tertiary/aromatic N) is 2. The maximum absolute atomic E-state index is 12.5. The third-order valence-electron chi connectivity index (χ3n) is 4.05. The first-order chi connectivity index (χ1) is 11.6. The lowest BCUT2D eigenvalue weighted by Gasteiger charge is -2.10. The summed E-state index contributed by atoms with van der Waals surface area (Å²) in [6.45, 7) is 1.84. The van der Waals surface area contributed by atoms with E-state index < -0.39 is 0 Å². The van der Waals surface area contributed by atoms with Gasteiger partial charge in [-0.2, -0.15) is 10.5 Å². The second-order valence-electron chi connectivity index (χ2n) is 6.03. The van der Waals surface area contributed by atoms with Crippen LogP contribution in [0.4, 0.5) is 0 Å². The van der Waals surface area contributed by atoms with Gasteiger partial charge in [0, 0.05) is 23.0 Å². The third-order valence-corrected chi connectivity index (χ3v) is 4.05. The molecule has 2 aromatic rings. The second kappa shape index (κ2) is 8.65. The number of rotatable bonds is 7. The first kappa shape index (κ1) is 17.4. The second-order valence-corrected chi connectivity index (χ2v) is 6.03. The molecular formula is C21H20N2O. The van der Waals surface area contributed by atoms with Gasteiger partial charge in [0.15, 0.2) is 5.78 Å². The van der Waals surface area contributed by atoms with Crippen LogP contribution in [-0.2, 0) is 6.42 Å². The van der Waals surface area contributed by atoms with E-state index in [9.17, 15) is 10.1 Å². The molecule has 0 aromatic heterocycles. The van der Waals surface area contributed by atoms with E-state index in [0.717, 1.165) is 12.0 Å². The molecule has 2 unspecified atom stereocenters. The molecule has 120 valence electrons. The van der Waals surface area contributed by atoms with Crippen molar-refractivity contribution in [2.75, 3.05) is 0 Å². The number of aryl methyl sites for hydroxylation is 1. The number of ketones is 1. The van der Waals surface area contributed by atoms with E-state index in [4.69, 9.17) is 5.26 Å². The molecule has 2 rings (SSSR count). The average Bonchev–Trinajstić information content (AvgIpc) is 2.65. The zero-order chi connectivity index (χ0) is 17.4. The van der Waals surface area contributed by atoms with E-state index in [1.807, 2.05) is 61.5 Å². The Hall–Kier alpha value is -2.91. The van der Waals surface area contributed by atoms with Gasteiger partial charge in [-0.3, -0.25) is 4.79 Å². The predicted molar refractivity (Wildman–Crippen MR) is 93.1 cm³/mol. The van der Waals surface area contributed by atoms with Crippen LogP contribution in [0.5, 0.6) is 0 Å². The number of nitriles is 2. The smallest absolute Gasteiger partial charge is 0.193 e. The Labute approximate surface area is 143 Å². The molecule has 0 radical (unpaired) electrons. The Kier molecular flexibility index (Phi) is 6.29.